The normalized spacial score (nSPS) is 22.3. The van der Waals surface area contributed by atoms with Gasteiger partial charge in [-0.1, -0.05) is 13.3 Å². The van der Waals surface area contributed by atoms with Crippen molar-refractivity contribution in [1.82, 2.24) is 25.1 Å². The maximum Gasteiger partial charge on any atom is 0.165 e. The van der Waals surface area contributed by atoms with Crippen molar-refractivity contribution in [1.29, 1.82) is 0 Å². The first-order chi connectivity index (χ1) is 8.50. The van der Waals surface area contributed by atoms with Gasteiger partial charge in [-0.15, -0.1) is 5.10 Å². The van der Waals surface area contributed by atoms with Crippen LogP contribution in [0.1, 0.15) is 52.8 Å². The second-order valence-corrected chi connectivity index (χ2v) is 6.33. The third-order valence-corrected chi connectivity index (χ3v) is 3.71. The summed E-state index contributed by atoms with van der Waals surface area (Å²) in [5, 5.41) is 12.1. The lowest BCUT2D eigenvalue weighted by molar-refractivity contribution is 0.155. The van der Waals surface area contributed by atoms with E-state index in [2.05, 4.69) is 48.1 Å². The molecule has 18 heavy (non-hydrogen) atoms. The highest BCUT2D eigenvalue weighted by Crippen LogP contribution is 2.21. The van der Waals surface area contributed by atoms with Gasteiger partial charge < -0.3 is 0 Å². The largest absolute Gasteiger partial charge is 0.296 e. The third kappa shape index (κ3) is 3.07. The molecule has 2 heterocycles. The van der Waals surface area contributed by atoms with Crippen LogP contribution < -0.4 is 0 Å². The summed E-state index contributed by atoms with van der Waals surface area (Å²) < 4.78 is 1.95. The monoisotopic (exact) mass is 251 g/mol. The first-order valence-electron chi connectivity index (χ1n) is 7.00. The highest BCUT2D eigenvalue weighted by Gasteiger charge is 2.24. The van der Waals surface area contributed by atoms with Gasteiger partial charge in [-0.05, 0) is 56.5 Å². The molecule has 0 unspecified atom stereocenters. The molecule has 1 aromatic heterocycles. The van der Waals surface area contributed by atoms with Crippen molar-refractivity contribution in [2.24, 2.45) is 5.92 Å². The maximum atomic E-state index is 4.19. The molecule has 0 amide bonds. The van der Waals surface area contributed by atoms with Gasteiger partial charge in [-0.2, -0.15) is 0 Å². The first kappa shape index (κ1) is 13.5. The fourth-order valence-electron chi connectivity index (χ4n) is 2.65. The number of tetrazole rings is 1. The molecule has 1 aliphatic heterocycles. The number of hydrogen-bond acceptors (Lipinski definition) is 4. The summed E-state index contributed by atoms with van der Waals surface area (Å²) in [6.07, 6.45) is 3.95. The molecule has 5 nitrogen and oxygen atoms in total. The van der Waals surface area contributed by atoms with Crippen molar-refractivity contribution in [3.63, 3.8) is 0 Å². The molecule has 0 N–H and O–H groups in total. The first-order valence-corrected chi connectivity index (χ1v) is 7.00. The third-order valence-electron chi connectivity index (χ3n) is 3.71. The van der Waals surface area contributed by atoms with Crippen molar-refractivity contribution < 1.29 is 0 Å². The van der Waals surface area contributed by atoms with E-state index in [0.717, 1.165) is 18.3 Å². The average molecular weight is 251 g/mol. The minimum absolute atomic E-state index is 0.0429. The quantitative estimate of drug-likeness (QED) is 0.825. The number of nitrogens with zero attached hydrogens (tertiary/aromatic N) is 5. The van der Waals surface area contributed by atoms with Gasteiger partial charge in [0.1, 0.15) is 0 Å². The zero-order chi connectivity index (χ0) is 13.2. The molecule has 102 valence electrons. The molecule has 5 heteroatoms. The van der Waals surface area contributed by atoms with Crippen molar-refractivity contribution >= 4 is 0 Å². The Balaban J connectivity index is 2.03. The molecule has 0 aliphatic carbocycles. The average Bonchev–Trinajstić information content (AvgIpc) is 2.77. The molecule has 1 atom stereocenters. The molecule has 1 fully saturated rings. The van der Waals surface area contributed by atoms with E-state index in [1.165, 1.54) is 32.4 Å². The Morgan fingerprint density at radius 1 is 1.33 bits per heavy atom. The predicted molar refractivity (Wildman–Crippen MR) is 71.1 cm³/mol. The Hall–Kier alpha value is -0.970. The van der Waals surface area contributed by atoms with Gasteiger partial charge in [0, 0.05) is 6.54 Å². The van der Waals surface area contributed by atoms with Crippen LogP contribution in [0.5, 0.6) is 0 Å². The van der Waals surface area contributed by atoms with E-state index in [0.29, 0.717) is 0 Å². The minimum Gasteiger partial charge on any atom is -0.296 e. The lowest BCUT2D eigenvalue weighted by atomic mass is 9.96. The minimum atomic E-state index is -0.0429. The van der Waals surface area contributed by atoms with E-state index in [4.69, 9.17) is 0 Å². The summed E-state index contributed by atoms with van der Waals surface area (Å²) in [5.74, 6) is 1.83. The molecular weight excluding hydrogens is 226 g/mol. The Morgan fingerprint density at radius 3 is 2.78 bits per heavy atom. The second-order valence-electron chi connectivity index (χ2n) is 6.33. The van der Waals surface area contributed by atoms with Crippen LogP contribution in [0.2, 0.25) is 0 Å². The highest BCUT2D eigenvalue weighted by molar-refractivity contribution is 4.88. The zero-order valence-electron chi connectivity index (χ0n) is 12.1. The molecule has 0 spiro atoms. The summed E-state index contributed by atoms with van der Waals surface area (Å²) in [6.45, 7) is 11.9. The topological polar surface area (TPSA) is 46.8 Å². The van der Waals surface area contributed by atoms with Gasteiger partial charge in [0.05, 0.1) is 12.1 Å². The second kappa shape index (κ2) is 5.34. The SMILES string of the molecule is CC[C@H]1CCCN(Cc2nnnn2C(C)(C)C)C1. The van der Waals surface area contributed by atoms with Crippen LogP contribution in [0, 0.1) is 5.92 Å². The Bertz CT molecular complexity index is 379. The van der Waals surface area contributed by atoms with Gasteiger partial charge >= 0.3 is 0 Å². The molecule has 2 rings (SSSR count). The summed E-state index contributed by atoms with van der Waals surface area (Å²) in [7, 11) is 0. The maximum absolute atomic E-state index is 4.19. The van der Waals surface area contributed by atoms with E-state index in [1.54, 1.807) is 0 Å². The summed E-state index contributed by atoms with van der Waals surface area (Å²) in [5.41, 5.74) is -0.0429. The Labute approximate surface area is 110 Å². The van der Waals surface area contributed by atoms with Crippen LogP contribution in [-0.2, 0) is 12.1 Å². The van der Waals surface area contributed by atoms with Gasteiger partial charge in [-0.25, -0.2) is 4.68 Å². The number of hydrogen-bond donors (Lipinski definition) is 0. The van der Waals surface area contributed by atoms with Gasteiger partial charge in [-0.3, -0.25) is 4.90 Å². The fraction of sp³-hybridized carbons (Fsp3) is 0.923. The standard InChI is InChI=1S/C13H25N5/c1-5-11-7-6-8-17(9-11)10-12-14-15-16-18(12)13(2,3)4/h11H,5-10H2,1-4H3/t11-/m0/s1. The van der Waals surface area contributed by atoms with Crippen molar-refractivity contribution in [2.75, 3.05) is 13.1 Å². The van der Waals surface area contributed by atoms with Crippen molar-refractivity contribution in [3.05, 3.63) is 5.82 Å². The Morgan fingerprint density at radius 2 is 2.11 bits per heavy atom. The molecule has 0 bridgehead atoms. The summed E-state index contributed by atoms with van der Waals surface area (Å²) >= 11 is 0. The van der Waals surface area contributed by atoms with E-state index in [9.17, 15) is 0 Å². The van der Waals surface area contributed by atoms with E-state index in [1.807, 2.05) is 4.68 Å². The Kier molecular flexibility index (Phi) is 4.00. The van der Waals surface area contributed by atoms with Crippen LogP contribution in [0.4, 0.5) is 0 Å². The van der Waals surface area contributed by atoms with Crippen molar-refractivity contribution in [2.45, 2.75) is 59.0 Å². The zero-order valence-corrected chi connectivity index (χ0v) is 12.1. The lowest BCUT2D eigenvalue weighted by Crippen LogP contribution is -2.36. The van der Waals surface area contributed by atoms with Crippen LogP contribution in [0.3, 0.4) is 0 Å². The van der Waals surface area contributed by atoms with Gasteiger partial charge in [0.15, 0.2) is 5.82 Å². The molecular formula is C13H25N5. The van der Waals surface area contributed by atoms with Crippen LogP contribution in [0.25, 0.3) is 0 Å². The number of aromatic nitrogens is 4. The number of likely N-dealkylation sites (tertiary alicyclic amines) is 1. The molecule has 0 radical (unpaired) electrons. The summed E-state index contributed by atoms with van der Waals surface area (Å²) in [6, 6.07) is 0. The van der Waals surface area contributed by atoms with Gasteiger partial charge in [0.2, 0.25) is 0 Å². The smallest absolute Gasteiger partial charge is 0.165 e. The highest BCUT2D eigenvalue weighted by atomic mass is 15.6. The summed E-state index contributed by atoms with van der Waals surface area (Å²) in [4.78, 5) is 2.49. The van der Waals surface area contributed by atoms with Crippen LogP contribution in [0.15, 0.2) is 0 Å². The lowest BCUT2D eigenvalue weighted by Gasteiger charge is -2.32. The van der Waals surface area contributed by atoms with Crippen molar-refractivity contribution in [3.8, 4) is 0 Å². The molecule has 1 aliphatic rings. The molecule has 1 saturated heterocycles. The van der Waals surface area contributed by atoms with Gasteiger partial charge in [0.25, 0.3) is 0 Å². The van der Waals surface area contributed by atoms with E-state index < -0.39 is 0 Å². The fourth-order valence-corrected chi connectivity index (χ4v) is 2.65. The van der Waals surface area contributed by atoms with E-state index in [-0.39, 0.29) is 5.54 Å². The van der Waals surface area contributed by atoms with Crippen LogP contribution in [-0.4, -0.2) is 38.2 Å². The molecule has 0 saturated carbocycles. The number of piperidine rings is 1. The van der Waals surface area contributed by atoms with E-state index >= 15 is 0 Å². The molecule has 1 aromatic rings. The number of rotatable bonds is 3. The molecule has 0 aromatic carbocycles. The predicted octanol–water partition coefficient (Wildman–Crippen LogP) is 2.05. The van der Waals surface area contributed by atoms with Crippen LogP contribution >= 0.6 is 0 Å².